The number of thioether (sulfide) groups is 1. The van der Waals surface area contributed by atoms with Gasteiger partial charge >= 0.3 is 0 Å². The molecular weight excluding hydrogens is 226 g/mol. The second-order valence-electron chi connectivity index (χ2n) is 3.72. The fraction of sp³-hybridized carbons (Fsp3) is 0.556. The lowest BCUT2D eigenvalue weighted by Crippen LogP contribution is -2.04. The van der Waals surface area contributed by atoms with Crippen LogP contribution >= 0.6 is 11.8 Å². The Kier molecular flexibility index (Phi) is 3.23. The van der Waals surface area contributed by atoms with E-state index in [9.17, 15) is 0 Å². The van der Waals surface area contributed by atoms with Crippen LogP contribution in [-0.4, -0.2) is 25.4 Å². The van der Waals surface area contributed by atoms with Gasteiger partial charge in [0.2, 0.25) is 5.16 Å². The lowest BCUT2D eigenvalue weighted by Gasteiger charge is -2.05. The van der Waals surface area contributed by atoms with Gasteiger partial charge in [-0.05, 0) is 31.2 Å². The molecule has 0 saturated carbocycles. The van der Waals surface area contributed by atoms with Gasteiger partial charge < -0.3 is 4.52 Å². The van der Waals surface area contributed by atoms with Gasteiger partial charge in [0.1, 0.15) is 5.76 Å². The summed E-state index contributed by atoms with van der Waals surface area (Å²) in [7, 11) is 0. The molecule has 0 fully saturated rings. The van der Waals surface area contributed by atoms with E-state index >= 15 is 0 Å². The molecule has 0 spiro atoms. The summed E-state index contributed by atoms with van der Waals surface area (Å²) in [6.07, 6.45) is 0. The second kappa shape index (κ2) is 4.65. The van der Waals surface area contributed by atoms with E-state index in [0.29, 0.717) is 5.75 Å². The molecule has 0 N–H and O–H groups in total. The molecular formula is C9H13N5OS. The van der Waals surface area contributed by atoms with Crippen molar-refractivity contribution in [2.24, 2.45) is 0 Å². The van der Waals surface area contributed by atoms with Gasteiger partial charge in [-0.3, -0.25) is 0 Å². The average Bonchev–Trinajstić information content (AvgIpc) is 2.83. The highest BCUT2D eigenvalue weighted by Crippen LogP contribution is 2.22. The van der Waals surface area contributed by atoms with Gasteiger partial charge in [0.25, 0.3) is 0 Å². The Labute approximate surface area is 97.4 Å². The van der Waals surface area contributed by atoms with E-state index in [-0.39, 0.29) is 6.04 Å². The molecule has 0 unspecified atom stereocenters. The first-order valence-corrected chi connectivity index (χ1v) is 5.98. The van der Waals surface area contributed by atoms with E-state index in [2.05, 4.69) is 20.7 Å². The van der Waals surface area contributed by atoms with Crippen LogP contribution in [-0.2, 0) is 5.75 Å². The lowest BCUT2D eigenvalue weighted by molar-refractivity contribution is 0.390. The van der Waals surface area contributed by atoms with Gasteiger partial charge in [-0.15, -0.1) is 5.10 Å². The van der Waals surface area contributed by atoms with Crippen LogP contribution in [0.4, 0.5) is 0 Å². The van der Waals surface area contributed by atoms with Crippen LogP contribution < -0.4 is 0 Å². The highest BCUT2D eigenvalue weighted by atomic mass is 32.2. The molecule has 0 radical (unpaired) electrons. The molecule has 2 aromatic rings. The number of tetrazole rings is 1. The van der Waals surface area contributed by atoms with Crippen LogP contribution in [0.3, 0.4) is 0 Å². The number of hydrogen-bond acceptors (Lipinski definition) is 6. The highest BCUT2D eigenvalue weighted by Gasteiger charge is 2.11. The van der Waals surface area contributed by atoms with E-state index < -0.39 is 0 Å². The Hall–Kier alpha value is -1.37. The summed E-state index contributed by atoms with van der Waals surface area (Å²) in [5.41, 5.74) is 0.888. The molecule has 2 aromatic heterocycles. The third-order valence-corrected chi connectivity index (χ3v) is 2.93. The highest BCUT2D eigenvalue weighted by molar-refractivity contribution is 7.98. The summed E-state index contributed by atoms with van der Waals surface area (Å²) >= 11 is 1.54. The van der Waals surface area contributed by atoms with Crippen molar-refractivity contribution in [1.29, 1.82) is 0 Å². The summed E-state index contributed by atoms with van der Waals surface area (Å²) in [5.74, 6) is 1.52. The standard InChI is InChI=1S/C9H13N5OS/c1-6(2)14-9(10-12-13-14)16-5-8-4-7(3)11-15-8/h4,6H,5H2,1-3H3. The third-order valence-electron chi connectivity index (χ3n) is 1.97. The van der Waals surface area contributed by atoms with Gasteiger partial charge in [-0.25, -0.2) is 4.68 Å². The summed E-state index contributed by atoms with van der Waals surface area (Å²) in [4.78, 5) is 0. The molecule has 16 heavy (non-hydrogen) atoms. The topological polar surface area (TPSA) is 69.6 Å². The monoisotopic (exact) mass is 239 g/mol. The van der Waals surface area contributed by atoms with Crippen molar-refractivity contribution in [3.63, 3.8) is 0 Å². The molecule has 0 aliphatic rings. The number of rotatable bonds is 4. The van der Waals surface area contributed by atoms with E-state index in [4.69, 9.17) is 4.52 Å². The zero-order valence-electron chi connectivity index (χ0n) is 9.41. The SMILES string of the molecule is Cc1cc(CSc2nnnn2C(C)C)on1. The first-order valence-electron chi connectivity index (χ1n) is 4.99. The molecule has 0 aromatic carbocycles. The van der Waals surface area contributed by atoms with Crippen molar-refractivity contribution < 1.29 is 4.52 Å². The summed E-state index contributed by atoms with van der Waals surface area (Å²) in [6, 6.07) is 2.17. The van der Waals surface area contributed by atoms with Crippen LogP contribution in [0.25, 0.3) is 0 Å². The third kappa shape index (κ3) is 2.41. The molecule has 0 atom stereocenters. The fourth-order valence-corrected chi connectivity index (χ4v) is 2.11. The maximum absolute atomic E-state index is 5.11. The number of nitrogens with zero attached hydrogens (tertiary/aromatic N) is 5. The van der Waals surface area contributed by atoms with Crippen LogP contribution in [0, 0.1) is 6.92 Å². The van der Waals surface area contributed by atoms with Crippen molar-refractivity contribution in [3.8, 4) is 0 Å². The number of aryl methyl sites for hydroxylation is 1. The Morgan fingerprint density at radius 2 is 2.31 bits per heavy atom. The van der Waals surface area contributed by atoms with Gasteiger partial charge in [0.15, 0.2) is 0 Å². The van der Waals surface area contributed by atoms with E-state index in [1.165, 1.54) is 0 Å². The normalized spacial score (nSPS) is 11.2. The molecule has 2 heterocycles. The van der Waals surface area contributed by atoms with Crippen molar-refractivity contribution in [2.45, 2.75) is 37.7 Å². The Morgan fingerprint density at radius 1 is 1.50 bits per heavy atom. The van der Waals surface area contributed by atoms with Crippen molar-refractivity contribution in [1.82, 2.24) is 25.4 Å². The van der Waals surface area contributed by atoms with Gasteiger partial charge in [-0.1, -0.05) is 16.9 Å². The molecule has 2 rings (SSSR count). The van der Waals surface area contributed by atoms with Gasteiger partial charge in [-0.2, -0.15) is 0 Å². The molecule has 7 heteroatoms. The van der Waals surface area contributed by atoms with Gasteiger partial charge in [0.05, 0.1) is 17.5 Å². The van der Waals surface area contributed by atoms with E-state index in [1.807, 2.05) is 26.8 Å². The number of hydrogen-bond donors (Lipinski definition) is 0. The largest absolute Gasteiger partial charge is 0.360 e. The molecule has 6 nitrogen and oxygen atoms in total. The molecule has 0 bridgehead atoms. The smallest absolute Gasteiger partial charge is 0.209 e. The van der Waals surface area contributed by atoms with Crippen LogP contribution in [0.2, 0.25) is 0 Å². The molecule has 0 saturated heterocycles. The summed E-state index contributed by atoms with van der Waals surface area (Å²) < 4.78 is 6.90. The van der Waals surface area contributed by atoms with Crippen LogP contribution in [0.1, 0.15) is 31.3 Å². The molecule has 0 aliphatic heterocycles. The van der Waals surface area contributed by atoms with E-state index in [0.717, 1.165) is 16.6 Å². The van der Waals surface area contributed by atoms with Crippen molar-refractivity contribution >= 4 is 11.8 Å². The average molecular weight is 239 g/mol. The van der Waals surface area contributed by atoms with Crippen molar-refractivity contribution in [3.05, 3.63) is 17.5 Å². The zero-order valence-corrected chi connectivity index (χ0v) is 10.2. The number of aromatic nitrogens is 5. The van der Waals surface area contributed by atoms with Crippen LogP contribution in [0.15, 0.2) is 15.7 Å². The first kappa shape index (κ1) is 11.1. The minimum absolute atomic E-state index is 0.258. The predicted octanol–water partition coefficient (Wildman–Crippen LogP) is 1.84. The second-order valence-corrected chi connectivity index (χ2v) is 4.67. The van der Waals surface area contributed by atoms with Gasteiger partial charge in [0, 0.05) is 6.07 Å². The maximum atomic E-state index is 5.11. The fourth-order valence-electron chi connectivity index (χ4n) is 1.22. The summed E-state index contributed by atoms with van der Waals surface area (Å²) in [6.45, 7) is 5.98. The zero-order chi connectivity index (χ0) is 11.5. The van der Waals surface area contributed by atoms with Crippen molar-refractivity contribution in [2.75, 3.05) is 0 Å². The quantitative estimate of drug-likeness (QED) is 0.758. The molecule has 0 amide bonds. The lowest BCUT2D eigenvalue weighted by atomic mass is 10.4. The Morgan fingerprint density at radius 3 is 2.94 bits per heavy atom. The minimum atomic E-state index is 0.258. The first-order chi connectivity index (χ1) is 7.66. The predicted molar refractivity (Wildman–Crippen MR) is 59.0 cm³/mol. The van der Waals surface area contributed by atoms with Crippen LogP contribution in [0.5, 0.6) is 0 Å². The maximum Gasteiger partial charge on any atom is 0.209 e. The summed E-state index contributed by atoms with van der Waals surface area (Å²) in [5, 5.41) is 16.2. The Bertz CT molecular complexity index is 464. The minimum Gasteiger partial charge on any atom is -0.360 e. The molecule has 86 valence electrons. The van der Waals surface area contributed by atoms with E-state index in [1.54, 1.807) is 16.4 Å². The Balaban J connectivity index is 2.02. The molecule has 0 aliphatic carbocycles.